The molecule has 0 aliphatic heterocycles. The van der Waals surface area contributed by atoms with E-state index in [-0.39, 0.29) is 23.6 Å². The van der Waals surface area contributed by atoms with Gasteiger partial charge in [-0.3, -0.25) is 9.98 Å². The number of phenols is 2. The molecular weight excluding hydrogens is 492 g/mol. The quantitative estimate of drug-likeness (QED) is 0.180. The zero-order valence-corrected chi connectivity index (χ0v) is 22.2. The highest BCUT2D eigenvalue weighted by atomic mass is 16.3. The molecule has 6 aromatic carbocycles. The van der Waals surface area contributed by atoms with Gasteiger partial charge < -0.3 is 10.2 Å². The Morgan fingerprint density at radius 3 is 1.12 bits per heavy atom. The summed E-state index contributed by atoms with van der Waals surface area (Å²) in [5.41, 5.74) is 1.50. The second kappa shape index (κ2) is 10.1. The van der Waals surface area contributed by atoms with Gasteiger partial charge in [0.15, 0.2) is 0 Å². The number of aliphatic imine (C=N–C) groups is 2. The first-order valence-electron chi connectivity index (χ1n) is 14.0. The lowest BCUT2D eigenvalue weighted by molar-refractivity contribution is 0.390. The maximum absolute atomic E-state index is 11.3. The van der Waals surface area contributed by atoms with Crippen molar-refractivity contribution in [3.63, 3.8) is 0 Å². The van der Waals surface area contributed by atoms with Crippen molar-refractivity contribution in [2.75, 3.05) is 0 Å². The zero-order valence-electron chi connectivity index (χ0n) is 22.2. The van der Waals surface area contributed by atoms with Gasteiger partial charge in [-0.05, 0) is 45.2 Å². The van der Waals surface area contributed by atoms with E-state index < -0.39 is 0 Å². The van der Waals surface area contributed by atoms with Gasteiger partial charge in [0.05, 0.1) is 12.1 Å². The molecule has 0 amide bonds. The second-order valence-electron chi connectivity index (χ2n) is 10.7. The van der Waals surface area contributed by atoms with Crippen LogP contribution in [0.1, 0.15) is 36.8 Å². The molecule has 0 radical (unpaired) electrons. The second-order valence-corrected chi connectivity index (χ2v) is 10.7. The van der Waals surface area contributed by atoms with Crippen LogP contribution in [0.3, 0.4) is 0 Å². The predicted molar refractivity (Wildman–Crippen MR) is 167 cm³/mol. The molecule has 0 unspecified atom stereocenters. The summed E-state index contributed by atoms with van der Waals surface area (Å²) in [6.45, 7) is 0. The number of nitrogens with zero attached hydrogens (tertiary/aromatic N) is 2. The maximum atomic E-state index is 11.3. The molecule has 2 N–H and O–H groups in total. The Morgan fingerprint density at radius 2 is 0.750 bits per heavy atom. The fourth-order valence-electron chi connectivity index (χ4n) is 6.34. The molecule has 6 aromatic rings. The highest BCUT2D eigenvalue weighted by molar-refractivity contribution is 6.18. The smallest absolute Gasteiger partial charge is 0.132 e. The van der Waals surface area contributed by atoms with Crippen molar-refractivity contribution in [1.29, 1.82) is 0 Å². The molecule has 4 heteroatoms. The van der Waals surface area contributed by atoms with Crippen molar-refractivity contribution < 1.29 is 10.2 Å². The lowest BCUT2D eigenvalue weighted by Crippen LogP contribution is -2.27. The van der Waals surface area contributed by atoms with Gasteiger partial charge in [0, 0.05) is 34.3 Å². The van der Waals surface area contributed by atoms with E-state index in [0.29, 0.717) is 0 Å². The summed E-state index contributed by atoms with van der Waals surface area (Å²) in [6.07, 6.45) is 7.78. The summed E-state index contributed by atoms with van der Waals surface area (Å²) in [4.78, 5) is 10.1. The average molecular weight is 523 g/mol. The summed E-state index contributed by atoms with van der Waals surface area (Å²) in [7, 11) is 0. The summed E-state index contributed by atoms with van der Waals surface area (Å²) < 4.78 is 0. The van der Waals surface area contributed by atoms with Crippen LogP contribution in [-0.2, 0) is 0 Å². The van der Waals surface area contributed by atoms with Gasteiger partial charge in [0.1, 0.15) is 11.5 Å². The van der Waals surface area contributed by atoms with Crippen molar-refractivity contribution in [2.24, 2.45) is 9.98 Å². The average Bonchev–Trinajstić information content (AvgIpc) is 3.01. The van der Waals surface area contributed by atoms with Crippen LogP contribution in [0, 0.1) is 0 Å². The molecule has 0 bridgehead atoms. The molecule has 0 spiro atoms. The van der Waals surface area contributed by atoms with Crippen LogP contribution in [0.25, 0.3) is 43.1 Å². The van der Waals surface area contributed by atoms with Crippen LogP contribution in [-0.4, -0.2) is 34.7 Å². The normalized spacial score (nSPS) is 18.1. The molecule has 0 aromatic heterocycles. The van der Waals surface area contributed by atoms with Crippen LogP contribution >= 0.6 is 0 Å². The highest BCUT2D eigenvalue weighted by Crippen LogP contribution is 2.38. The molecule has 1 fully saturated rings. The Balaban J connectivity index is 1.28. The molecular formula is C36H30N2O2. The summed E-state index contributed by atoms with van der Waals surface area (Å²) in [5, 5.41) is 30.5. The van der Waals surface area contributed by atoms with Gasteiger partial charge in [0.25, 0.3) is 0 Å². The molecule has 0 saturated heterocycles. The Bertz CT molecular complexity index is 1810. The van der Waals surface area contributed by atoms with Crippen molar-refractivity contribution in [2.45, 2.75) is 37.8 Å². The molecule has 1 aliphatic rings. The van der Waals surface area contributed by atoms with Gasteiger partial charge in [-0.1, -0.05) is 110 Å². The van der Waals surface area contributed by atoms with E-state index in [1.165, 1.54) is 0 Å². The lowest BCUT2D eigenvalue weighted by Gasteiger charge is -2.25. The van der Waals surface area contributed by atoms with Gasteiger partial charge in [-0.15, -0.1) is 0 Å². The predicted octanol–water partition coefficient (Wildman–Crippen LogP) is 8.56. The van der Waals surface area contributed by atoms with Crippen molar-refractivity contribution in [1.82, 2.24) is 0 Å². The van der Waals surface area contributed by atoms with Crippen LogP contribution in [0.15, 0.2) is 107 Å². The number of phenolic OH excluding ortho intramolecular Hbond substituents is 2. The maximum Gasteiger partial charge on any atom is 0.132 e. The van der Waals surface area contributed by atoms with Crippen LogP contribution in [0.2, 0.25) is 0 Å². The van der Waals surface area contributed by atoms with E-state index in [9.17, 15) is 10.2 Å². The van der Waals surface area contributed by atoms with Gasteiger partial charge in [-0.25, -0.2) is 0 Å². The van der Waals surface area contributed by atoms with Crippen LogP contribution < -0.4 is 0 Å². The standard InChI is InChI=1S/C36H30N2O2/c39-35-29-17-7-5-13-25(29)23-11-1-3-15-27(23)31(35)21-37-33-19-9-10-20-34(33)38-22-32-28-16-4-2-12-24(28)26-14-6-8-18-30(26)36(32)40/h1-8,11-18,21-22,33-34,39-40H,9-10,19-20H2/t33-,34-/m1/s1. The highest BCUT2D eigenvalue weighted by Gasteiger charge is 2.24. The SMILES string of the molecule is Oc1c(C=N[C@@H]2CCCC[C@H]2N=Cc2c(O)c3ccccc3c3ccccc23)c2ccccc2c2ccccc12. The Kier molecular flexibility index (Phi) is 6.16. The third kappa shape index (κ3) is 4.08. The van der Waals surface area contributed by atoms with Crippen molar-refractivity contribution >= 4 is 55.5 Å². The molecule has 4 nitrogen and oxygen atoms in total. The number of hydrogen-bond acceptors (Lipinski definition) is 4. The third-order valence-corrected chi connectivity index (χ3v) is 8.37. The first-order valence-corrected chi connectivity index (χ1v) is 14.0. The molecule has 40 heavy (non-hydrogen) atoms. The Morgan fingerprint density at radius 1 is 0.450 bits per heavy atom. The summed E-state index contributed by atoms with van der Waals surface area (Å²) >= 11 is 0. The zero-order chi connectivity index (χ0) is 27.1. The number of rotatable bonds is 4. The van der Waals surface area contributed by atoms with E-state index in [0.717, 1.165) is 79.9 Å². The first kappa shape index (κ1) is 24.3. The van der Waals surface area contributed by atoms with Gasteiger partial charge in [0.2, 0.25) is 0 Å². The van der Waals surface area contributed by atoms with E-state index in [1.807, 2.05) is 85.2 Å². The van der Waals surface area contributed by atoms with E-state index >= 15 is 0 Å². The largest absolute Gasteiger partial charge is 0.507 e. The van der Waals surface area contributed by atoms with Gasteiger partial charge in [-0.2, -0.15) is 0 Å². The first-order chi connectivity index (χ1) is 19.7. The lowest BCUT2D eigenvalue weighted by atomic mass is 9.90. The topological polar surface area (TPSA) is 65.2 Å². The molecule has 7 rings (SSSR count). The molecule has 196 valence electrons. The van der Waals surface area contributed by atoms with Gasteiger partial charge >= 0.3 is 0 Å². The molecule has 0 heterocycles. The van der Waals surface area contributed by atoms with E-state index in [2.05, 4.69) is 24.3 Å². The third-order valence-electron chi connectivity index (χ3n) is 8.37. The molecule has 2 atom stereocenters. The Hall–Kier alpha value is -4.70. The monoisotopic (exact) mass is 522 g/mol. The van der Waals surface area contributed by atoms with E-state index in [1.54, 1.807) is 0 Å². The minimum absolute atomic E-state index is 0.00324. The number of fused-ring (bicyclic) bond motifs is 6. The van der Waals surface area contributed by atoms with Crippen molar-refractivity contribution in [3.8, 4) is 11.5 Å². The number of benzene rings is 6. The fraction of sp³-hybridized carbons (Fsp3) is 0.167. The minimum atomic E-state index is 0.00324. The molecule has 1 saturated carbocycles. The van der Waals surface area contributed by atoms with Crippen molar-refractivity contribution in [3.05, 3.63) is 108 Å². The summed E-state index contributed by atoms with van der Waals surface area (Å²) in [6, 6.07) is 32.3. The number of hydrogen-bond donors (Lipinski definition) is 2. The Labute approximate surface area is 233 Å². The van der Waals surface area contributed by atoms with Crippen LogP contribution in [0.4, 0.5) is 0 Å². The molecule has 1 aliphatic carbocycles. The fourth-order valence-corrected chi connectivity index (χ4v) is 6.34. The van der Waals surface area contributed by atoms with E-state index in [4.69, 9.17) is 9.98 Å². The number of aromatic hydroxyl groups is 2. The minimum Gasteiger partial charge on any atom is -0.507 e. The van der Waals surface area contributed by atoms with Crippen LogP contribution in [0.5, 0.6) is 11.5 Å². The summed E-state index contributed by atoms with van der Waals surface area (Å²) in [5.74, 6) is 0.530.